The zero-order valence-electron chi connectivity index (χ0n) is 17.9. The van der Waals surface area contributed by atoms with Crippen molar-refractivity contribution >= 4 is 31.9 Å². The van der Waals surface area contributed by atoms with Crippen LogP contribution in [0.4, 0.5) is 0 Å². The zero-order chi connectivity index (χ0) is 23.1. The number of carbonyl (C=O) groups is 1. The van der Waals surface area contributed by atoms with Crippen LogP contribution in [0.3, 0.4) is 0 Å². The fourth-order valence-electron chi connectivity index (χ4n) is 3.19. The zero-order valence-corrected chi connectivity index (χ0v) is 20.3. The van der Waals surface area contributed by atoms with Crippen molar-refractivity contribution in [1.82, 2.24) is 9.62 Å². The molecule has 3 aromatic rings. The van der Waals surface area contributed by atoms with Crippen molar-refractivity contribution in [2.45, 2.75) is 24.4 Å². The van der Waals surface area contributed by atoms with Crippen LogP contribution in [0.15, 0.2) is 88.2 Å². The van der Waals surface area contributed by atoms with E-state index in [1.165, 1.54) is 23.5 Å². The number of methoxy groups -OCH3 is 1. The second kappa shape index (κ2) is 10.8. The van der Waals surface area contributed by atoms with Crippen molar-refractivity contribution in [1.29, 1.82) is 0 Å². The number of ether oxygens (including phenoxy) is 1. The highest BCUT2D eigenvalue weighted by Crippen LogP contribution is 2.22. The molecule has 6 nitrogen and oxygen atoms in total. The Hall–Kier alpha value is -2.68. The Labute approximate surface area is 197 Å². The summed E-state index contributed by atoms with van der Waals surface area (Å²) in [6.07, 6.45) is 0. The fourth-order valence-corrected chi connectivity index (χ4v) is 4.84. The van der Waals surface area contributed by atoms with Crippen LogP contribution in [-0.2, 0) is 21.4 Å². The molecule has 32 heavy (non-hydrogen) atoms. The summed E-state index contributed by atoms with van der Waals surface area (Å²) in [5.41, 5.74) is 1.72. The first kappa shape index (κ1) is 24.0. The topological polar surface area (TPSA) is 75.7 Å². The van der Waals surface area contributed by atoms with E-state index in [-0.39, 0.29) is 29.9 Å². The number of amides is 1. The maximum atomic E-state index is 13.4. The smallest absolute Gasteiger partial charge is 0.243 e. The second-order valence-corrected chi connectivity index (χ2v) is 10.1. The molecule has 0 radical (unpaired) electrons. The first-order valence-electron chi connectivity index (χ1n) is 10.0. The number of hydrogen-bond donors (Lipinski definition) is 1. The summed E-state index contributed by atoms with van der Waals surface area (Å²) in [7, 11) is -2.40. The molecule has 3 rings (SSSR count). The van der Waals surface area contributed by atoms with Gasteiger partial charge in [0.05, 0.1) is 24.6 Å². The molecular weight excluding hydrogens is 492 g/mol. The largest absolute Gasteiger partial charge is 0.497 e. The van der Waals surface area contributed by atoms with E-state index >= 15 is 0 Å². The average molecular weight is 517 g/mol. The number of benzene rings is 3. The van der Waals surface area contributed by atoms with E-state index in [0.717, 1.165) is 15.6 Å². The monoisotopic (exact) mass is 516 g/mol. The first-order chi connectivity index (χ1) is 15.3. The molecule has 0 aromatic heterocycles. The fraction of sp³-hybridized carbons (Fsp3) is 0.208. The third-order valence-electron chi connectivity index (χ3n) is 4.97. The standard InChI is InChI=1S/C24H25BrN2O4S/c1-18(20-8-10-21(25)11-9-20)26-24(28)17-27(16-19-6-4-3-5-7-19)32(29,30)23-14-12-22(31-2)13-15-23/h3-15,18H,16-17H2,1-2H3,(H,26,28)/t18-/m0/s1. The van der Waals surface area contributed by atoms with Gasteiger partial charge in [-0.3, -0.25) is 4.79 Å². The minimum atomic E-state index is -3.91. The quantitative estimate of drug-likeness (QED) is 0.453. The van der Waals surface area contributed by atoms with E-state index in [2.05, 4.69) is 21.2 Å². The molecule has 0 fully saturated rings. The van der Waals surface area contributed by atoms with E-state index in [1.807, 2.05) is 61.5 Å². The van der Waals surface area contributed by atoms with Gasteiger partial charge >= 0.3 is 0 Å². The number of halogens is 1. The SMILES string of the molecule is COc1ccc(S(=O)(=O)N(CC(=O)N[C@@H](C)c2ccc(Br)cc2)Cc2ccccc2)cc1. The maximum absolute atomic E-state index is 13.4. The van der Waals surface area contributed by atoms with E-state index in [9.17, 15) is 13.2 Å². The van der Waals surface area contributed by atoms with Crippen molar-refractivity contribution in [3.05, 3.63) is 94.5 Å². The number of nitrogens with zero attached hydrogens (tertiary/aromatic N) is 1. The van der Waals surface area contributed by atoms with Crippen LogP contribution in [0.1, 0.15) is 24.1 Å². The third-order valence-corrected chi connectivity index (χ3v) is 7.30. The van der Waals surface area contributed by atoms with Crippen LogP contribution >= 0.6 is 15.9 Å². The number of rotatable bonds is 9. The number of carbonyl (C=O) groups excluding carboxylic acids is 1. The van der Waals surface area contributed by atoms with Crippen molar-refractivity contribution in [2.24, 2.45) is 0 Å². The van der Waals surface area contributed by atoms with Crippen molar-refractivity contribution < 1.29 is 17.9 Å². The molecule has 0 unspecified atom stereocenters. The lowest BCUT2D eigenvalue weighted by molar-refractivity contribution is -0.122. The molecule has 168 valence electrons. The van der Waals surface area contributed by atoms with E-state index in [4.69, 9.17) is 4.74 Å². The Morgan fingerprint density at radius 2 is 1.62 bits per heavy atom. The number of sulfonamides is 1. The van der Waals surface area contributed by atoms with Crippen LogP contribution in [0.5, 0.6) is 5.75 Å². The lowest BCUT2D eigenvalue weighted by atomic mass is 10.1. The molecule has 0 bridgehead atoms. The second-order valence-electron chi connectivity index (χ2n) is 7.27. The molecule has 1 N–H and O–H groups in total. The van der Waals surface area contributed by atoms with Crippen molar-refractivity contribution in [2.75, 3.05) is 13.7 Å². The van der Waals surface area contributed by atoms with Gasteiger partial charge in [0.2, 0.25) is 15.9 Å². The highest BCUT2D eigenvalue weighted by Gasteiger charge is 2.27. The van der Waals surface area contributed by atoms with E-state index in [0.29, 0.717) is 5.75 Å². The number of nitrogens with one attached hydrogen (secondary N) is 1. The highest BCUT2D eigenvalue weighted by atomic mass is 79.9. The Kier molecular flexibility index (Phi) is 8.06. The van der Waals surface area contributed by atoms with Crippen LogP contribution in [-0.4, -0.2) is 32.3 Å². The molecule has 8 heteroatoms. The molecule has 0 saturated heterocycles. The van der Waals surface area contributed by atoms with E-state index < -0.39 is 10.0 Å². The van der Waals surface area contributed by atoms with Crippen molar-refractivity contribution in [3.8, 4) is 5.75 Å². The summed E-state index contributed by atoms with van der Waals surface area (Å²) in [4.78, 5) is 12.9. The van der Waals surface area contributed by atoms with Gasteiger partial charge in [-0.25, -0.2) is 8.42 Å². The molecule has 0 aliphatic rings. The van der Waals surface area contributed by atoms with Gasteiger partial charge in [-0.1, -0.05) is 58.4 Å². The first-order valence-corrected chi connectivity index (χ1v) is 12.3. The predicted molar refractivity (Wildman–Crippen MR) is 128 cm³/mol. The summed E-state index contributed by atoms with van der Waals surface area (Å²) < 4.78 is 34.0. The molecule has 1 atom stereocenters. The van der Waals surface area contributed by atoms with Crippen LogP contribution in [0.2, 0.25) is 0 Å². The van der Waals surface area contributed by atoms with Crippen LogP contribution in [0.25, 0.3) is 0 Å². The molecule has 0 spiro atoms. The van der Waals surface area contributed by atoms with Gasteiger partial charge in [-0.05, 0) is 54.4 Å². The van der Waals surface area contributed by atoms with Gasteiger partial charge in [-0.15, -0.1) is 0 Å². The van der Waals surface area contributed by atoms with Gasteiger partial charge in [0.15, 0.2) is 0 Å². The predicted octanol–water partition coefficient (Wildman–Crippen LogP) is 4.53. The minimum absolute atomic E-state index is 0.0787. The summed E-state index contributed by atoms with van der Waals surface area (Å²) in [6, 6.07) is 22.7. The van der Waals surface area contributed by atoms with Gasteiger partial charge in [-0.2, -0.15) is 4.31 Å². The Morgan fingerprint density at radius 1 is 1.00 bits per heavy atom. The highest BCUT2D eigenvalue weighted by molar-refractivity contribution is 9.10. The molecule has 0 aliphatic carbocycles. The molecule has 3 aromatic carbocycles. The van der Waals surface area contributed by atoms with Crippen LogP contribution < -0.4 is 10.1 Å². The Morgan fingerprint density at radius 3 is 2.22 bits per heavy atom. The van der Waals surface area contributed by atoms with Gasteiger partial charge in [0.1, 0.15) is 5.75 Å². The summed E-state index contributed by atoms with van der Waals surface area (Å²) in [5.74, 6) is 0.174. The lowest BCUT2D eigenvalue weighted by Gasteiger charge is -2.23. The Balaban J connectivity index is 1.81. The molecule has 0 heterocycles. The normalized spacial score (nSPS) is 12.4. The van der Waals surface area contributed by atoms with Crippen molar-refractivity contribution in [3.63, 3.8) is 0 Å². The summed E-state index contributed by atoms with van der Waals surface area (Å²) >= 11 is 3.39. The van der Waals surface area contributed by atoms with Gasteiger partial charge in [0, 0.05) is 11.0 Å². The maximum Gasteiger partial charge on any atom is 0.243 e. The summed E-state index contributed by atoms with van der Waals surface area (Å²) in [5, 5.41) is 2.89. The average Bonchev–Trinajstić information content (AvgIpc) is 2.79. The Bertz CT molecular complexity index is 1130. The molecule has 0 aliphatic heterocycles. The molecule has 1 amide bonds. The third kappa shape index (κ3) is 6.18. The summed E-state index contributed by atoms with van der Waals surface area (Å²) in [6.45, 7) is 1.64. The van der Waals surface area contributed by atoms with Gasteiger partial charge in [0.25, 0.3) is 0 Å². The molecular formula is C24H25BrN2O4S. The van der Waals surface area contributed by atoms with Crippen LogP contribution in [0, 0.1) is 0 Å². The lowest BCUT2D eigenvalue weighted by Crippen LogP contribution is -2.41. The van der Waals surface area contributed by atoms with E-state index in [1.54, 1.807) is 12.1 Å². The minimum Gasteiger partial charge on any atom is -0.497 e. The molecule has 0 saturated carbocycles. The van der Waals surface area contributed by atoms with Gasteiger partial charge < -0.3 is 10.1 Å². The number of hydrogen-bond acceptors (Lipinski definition) is 4.